The fourth-order valence-electron chi connectivity index (χ4n) is 2.29. The van der Waals surface area contributed by atoms with Gasteiger partial charge in [0.05, 0.1) is 30.7 Å². The first-order chi connectivity index (χ1) is 11.9. The molecular weight excluding hydrogens is 346 g/mol. The Kier molecular flexibility index (Phi) is 4.37. The maximum absolute atomic E-state index is 12.0. The number of hydrogen-bond donors (Lipinski definition) is 1. The van der Waals surface area contributed by atoms with E-state index in [1.807, 2.05) is 0 Å². The Morgan fingerprint density at radius 1 is 1.04 bits per heavy atom. The molecule has 0 bridgehead atoms. The van der Waals surface area contributed by atoms with Gasteiger partial charge in [0.2, 0.25) is 10.0 Å². The first kappa shape index (κ1) is 16.8. The van der Waals surface area contributed by atoms with E-state index < -0.39 is 10.0 Å². The minimum absolute atomic E-state index is 0.148. The summed E-state index contributed by atoms with van der Waals surface area (Å²) < 4.78 is 42.0. The minimum Gasteiger partial charge on any atom is -0.493 e. The molecule has 0 aliphatic carbocycles. The van der Waals surface area contributed by atoms with Gasteiger partial charge >= 0.3 is 0 Å². The second kappa shape index (κ2) is 6.48. The van der Waals surface area contributed by atoms with Gasteiger partial charge in [0.25, 0.3) is 0 Å². The number of sulfonamides is 1. The molecule has 3 rings (SSSR count). The quantitative estimate of drug-likeness (QED) is 0.751. The number of fused-ring (bicyclic) bond motifs is 1. The van der Waals surface area contributed by atoms with Crippen molar-refractivity contribution in [3.05, 3.63) is 59.0 Å². The molecule has 1 aromatic heterocycles. The van der Waals surface area contributed by atoms with Crippen LogP contribution in [0.25, 0.3) is 11.0 Å². The lowest BCUT2D eigenvalue weighted by Crippen LogP contribution is -2.11. The summed E-state index contributed by atoms with van der Waals surface area (Å²) in [5, 5.41) is 0.270. The molecule has 0 saturated carbocycles. The number of nitrogens with one attached hydrogen (secondary N) is 1. The van der Waals surface area contributed by atoms with Crippen molar-refractivity contribution in [2.45, 2.75) is 0 Å². The van der Waals surface area contributed by atoms with Gasteiger partial charge < -0.3 is 13.9 Å². The third-order valence-corrected chi connectivity index (χ3v) is 3.94. The van der Waals surface area contributed by atoms with Crippen LogP contribution >= 0.6 is 0 Å². The molecule has 0 unspecified atom stereocenters. The van der Waals surface area contributed by atoms with Crippen molar-refractivity contribution >= 4 is 26.7 Å². The van der Waals surface area contributed by atoms with E-state index in [2.05, 4.69) is 4.72 Å². The van der Waals surface area contributed by atoms with Crippen LogP contribution in [-0.4, -0.2) is 21.8 Å². The molecule has 0 amide bonds. The van der Waals surface area contributed by atoms with Crippen molar-refractivity contribution in [3.8, 4) is 17.2 Å². The molecule has 0 spiro atoms. The minimum atomic E-state index is -3.57. The molecule has 1 N–H and O–H groups in total. The normalized spacial score (nSPS) is 11.3. The van der Waals surface area contributed by atoms with E-state index in [-0.39, 0.29) is 27.8 Å². The molecule has 7 nitrogen and oxygen atoms in total. The Morgan fingerprint density at radius 2 is 1.76 bits per heavy atom. The Bertz CT molecular complexity index is 1090. The fraction of sp³-hybridized carbons (Fsp3) is 0.118. The number of benzene rings is 2. The molecule has 0 atom stereocenters. The average Bonchev–Trinajstić information content (AvgIpc) is 2.55. The SMILES string of the molecule is COc1ccccc1Oc1cc2c(=O)ccoc2cc1NS(C)(=O)=O. The third-order valence-electron chi connectivity index (χ3n) is 3.35. The highest BCUT2D eigenvalue weighted by molar-refractivity contribution is 7.92. The van der Waals surface area contributed by atoms with E-state index in [1.165, 1.54) is 31.6 Å². The fourth-order valence-corrected chi connectivity index (χ4v) is 2.85. The Hall–Kier alpha value is -3.00. The number of anilines is 1. The summed E-state index contributed by atoms with van der Waals surface area (Å²) >= 11 is 0. The number of rotatable bonds is 5. The molecule has 8 heteroatoms. The van der Waals surface area contributed by atoms with E-state index in [9.17, 15) is 13.2 Å². The van der Waals surface area contributed by atoms with E-state index in [0.29, 0.717) is 11.5 Å². The average molecular weight is 361 g/mol. The number of ether oxygens (including phenoxy) is 2. The molecule has 1 heterocycles. The second-order valence-corrected chi connectivity index (χ2v) is 7.00. The lowest BCUT2D eigenvalue weighted by Gasteiger charge is -2.14. The summed E-state index contributed by atoms with van der Waals surface area (Å²) in [4.78, 5) is 12.0. The topological polar surface area (TPSA) is 94.8 Å². The summed E-state index contributed by atoms with van der Waals surface area (Å²) in [6, 6.07) is 11.0. The van der Waals surface area contributed by atoms with Crippen LogP contribution in [0.1, 0.15) is 0 Å². The summed E-state index contributed by atoms with van der Waals surface area (Å²) in [6.07, 6.45) is 2.26. The van der Waals surface area contributed by atoms with E-state index in [1.54, 1.807) is 24.3 Å². The highest BCUT2D eigenvalue weighted by Crippen LogP contribution is 2.37. The van der Waals surface area contributed by atoms with Gasteiger partial charge in [-0.15, -0.1) is 0 Å². The largest absolute Gasteiger partial charge is 0.493 e. The van der Waals surface area contributed by atoms with Crippen LogP contribution in [-0.2, 0) is 10.0 Å². The molecule has 0 saturated heterocycles. The number of para-hydroxylation sites is 2. The highest BCUT2D eigenvalue weighted by Gasteiger charge is 2.15. The Labute approximate surface area is 143 Å². The van der Waals surface area contributed by atoms with Crippen LogP contribution in [0.15, 0.2) is 57.9 Å². The molecule has 2 aromatic carbocycles. The first-order valence-electron chi connectivity index (χ1n) is 7.21. The summed E-state index contributed by atoms with van der Waals surface area (Å²) in [5.74, 6) is 0.996. The van der Waals surface area contributed by atoms with Crippen molar-refractivity contribution in [3.63, 3.8) is 0 Å². The molecule has 0 fully saturated rings. The monoisotopic (exact) mass is 361 g/mol. The van der Waals surface area contributed by atoms with Crippen molar-refractivity contribution in [1.82, 2.24) is 0 Å². The van der Waals surface area contributed by atoms with Crippen molar-refractivity contribution in [2.24, 2.45) is 0 Å². The van der Waals surface area contributed by atoms with Crippen LogP contribution in [0.4, 0.5) is 5.69 Å². The first-order valence-corrected chi connectivity index (χ1v) is 9.11. The predicted octanol–water partition coefficient (Wildman–Crippen LogP) is 2.97. The second-order valence-electron chi connectivity index (χ2n) is 5.26. The Morgan fingerprint density at radius 3 is 2.44 bits per heavy atom. The molecular formula is C17H15NO6S. The molecule has 3 aromatic rings. The molecule has 0 aliphatic rings. The maximum atomic E-state index is 12.0. The smallest absolute Gasteiger partial charge is 0.229 e. The van der Waals surface area contributed by atoms with Gasteiger partial charge in [-0.25, -0.2) is 8.42 Å². The predicted molar refractivity (Wildman–Crippen MR) is 94.0 cm³/mol. The summed E-state index contributed by atoms with van der Waals surface area (Å²) in [5.41, 5.74) is 0.123. The van der Waals surface area contributed by atoms with Gasteiger partial charge in [-0.1, -0.05) is 12.1 Å². The van der Waals surface area contributed by atoms with Gasteiger partial charge in [0.15, 0.2) is 22.7 Å². The van der Waals surface area contributed by atoms with Crippen LogP contribution in [0.5, 0.6) is 17.2 Å². The van der Waals surface area contributed by atoms with Crippen LogP contribution in [0.2, 0.25) is 0 Å². The van der Waals surface area contributed by atoms with Gasteiger partial charge in [-0.2, -0.15) is 0 Å². The zero-order valence-corrected chi connectivity index (χ0v) is 14.3. The van der Waals surface area contributed by atoms with Crippen LogP contribution in [0, 0.1) is 0 Å². The standard InChI is InChI=1S/C17H15NO6S/c1-22-14-5-3-4-6-15(14)24-17-9-11-13(19)7-8-23-16(11)10-12(17)18-25(2,20)21/h3-10,18H,1-2H3. The summed E-state index contributed by atoms with van der Waals surface area (Å²) in [6.45, 7) is 0. The van der Waals surface area contributed by atoms with Crippen molar-refractivity contribution < 1.29 is 22.3 Å². The van der Waals surface area contributed by atoms with Gasteiger partial charge in [0.1, 0.15) is 5.58 Å². The highest BCUT2D eigenvalue weighted by atomic mass is 32.2. The Balaban J connectivity index is 2.18. The molecule has 25 heavy (non-hydrogen) atoms. The molecule has 0 aliphatic heterocycles. The molecule has 0 radical (unpaired) electrons. The van der Waals surface area contributed by atoms with E-state index in [4.69, 9.17) is 13.9 Å². The van der Waals surface area contributed by atoms with Gasteiger partial charge in [-0.05, 0) is 18.2 Å². The number of hydrogen-bond acceptors (Lipinski definition) is 6. The van der Waals surface area contributed by atoms with Crippen molar-refractivity contribution in [2.75, 3.05) is 18.1 Å². The van der Waals surface area contributed by atoms with Crippen molar-refractivity contribution in [1.29, 1.82) is 0 Å². The van der Waals surface area contributed by atoms with E-state index in [0.717, 1.165) is 6.26 Å². The number of methoxy groups -OCH3 is 1. The lowest BCUT2D eigenvalue weighted by atomic mass is 10.2. The van der Waals surface area contributed by atoms with Gasteiger partial charge in [-0.3, -0.25) is 9.52 Å². The zero-order valence-electron chi connectivity index (χ0n) is 13.5. The summed E-state index contributed by atoms with van der Waals surface area (Å²) in [7, 11) is -2.07. The van der Waals surface area contributed by atoms with Crippen LogP contribution in [0.3, 0.4) is 0 Å². The maximum Gasteiger partial charge on any atom is 0.229 e. The molecule has 130 valence electrons. The third kappa shape index (κ3) is 3.74. The van der Waals surface area contributed by atoms with Crippen LogP contribution < -0.4 is 19.6 Å². The zero-order chi connectivity index (χ0) is 18.0. The van der Waals surface area contributed by atoms with E-state index >= 15 is 0 Å². The van der Waals surface area contributed by atoms with Gasteiger partial charge in [0, 0.05) is 12.1 Å². The lowest BCUT2D eigenvalue weighted by molar-refractivity contribution is 0.379.